The van der Waals surface area contributed by atoms with Gasteiger partial charge in [-0.25, -0.2) is 9.97 Å². The van der Waals surface area contributed by atoms with Crippen LogP contribution in [0.1, 0.15) is 37.5 Å². The first-order chi connectivity index (χ1) is 15.8. The van der Waals surface area contributed by atoms with E-state index in [-0.39, 0.29) is 5.57 Å². The molecule has 1 aliphatic heterocycles. The van der Waals surface area contributed by atoms with E-state index in [2.05, 4.69) is 25.9 Å². The van der Waals surface area contributed by atoms with Gasteiger partial charge in [-0.2, -0.15) is 0 Å². The summed E-state index contributed by atoms with van der Waals surface area (Å²) < 4.78 is 1.65. The Balaban J connectivity index is 1.71. The Hall–Kier alpha value is -2.88. The van der Waals surface area contributed by atoms with Crippen LogP contribution in [0.15, 0.2) is 58.3 Å². The minimum atomic E-state index is -0.830. The van der Waals surface area contributed by atoms with Crippen LogP contribution in [-0.4, -0.2) is 26.8 Å². The lowest BCUT2D eigenvalue weighted by Crippen LogP contribution is -2.31. The normalized spacial score (nSPS) is 16.3. The van der Waals surface area contributed by atoms with E-state index in [1.54, 1.807) is 6.92 Å². The molecule has 33 heavy (non-hydrogen) atoms. The Labute approximate surface area is 206 Å². The molecule has 6 nitrogen and oxygen atoms in total. The van der Waals surface area contributed by atoms with Crippen molar-refractivity contribution in [3.63, 3.8) is 0 Å². The number of Topliss-reactive ketones (excluding diaryl/α,β-unsaturated/α-hetero) is 1. The molecule has 0 spiro atoms. The number of anilines is 1. The number of hydrogen-bond donors (Lipinski definition) is 1. The Kier molecular flexibility index (Phi) is 5.43. The average Bonchev–Trinajstić information content (AvgIpc) is 3.41. The van der Waals surface area contributed by atoms with Crippen LogP contribution in [0.4, 0.5) is 5.13 Å². The minimum absolute atomic E-state index is 0.0362. The highest BCUT2D eigenvalue weighted by Crippen LogP contribution is 2.46. The van der Waals surface area contributed by atoms with E-state index in [0.29, 0.717) is 21.3 Å². The lowest BCUT2D eigenvalue weighted by molar-refractivity contribution is -0.117. The summed E-state index contributed by atoms with van der Waals surface area (Å²) in [6.07, 6.45) is 0. The first kappa shape index (κ1) is 21.9. The summed E-state index contributed by atoms with van der Waals surface area (Å²) in [7, 11) is 0. The molecule has 0 fully saturated rings. The van der Waals surface area contributed by atoms with Gasteiger partial charge in [0.2, 0.25) is 5.78 Å². The molecule has 2 aromatic carbocycles. The third-order valence-electron chi connectivity index (χ3n) is 5.50. The molecule has 0 radical (unpaired) electrons. The van der Waals surface area contributed by atoms with Gasteiger partial charge in [-0.1, -0.05) is 51.5 Å². The molecule has 4 aromatic rings. The maximum atomic E-state index is 13.7. The molecule has 1 amide bonds. The zero-order valence-electron chi connectivity index (χ0n) is 17.9. The number of thiazole rings is 2. The van der Waals surface area contributed by atoms with Gasteiger partial charge in [-0.3, -0.25) is 14.5 Å². The van der Waals surface area contributed by atoms with E-state index >= 15 is 0 Å². The van der Waals surface area contributed by atoms with Crippen LogP contribution in [0.5, 0.6) is 0 Å². The van der Waals surface area contributed by atoms with Crippen molar-refractivity contribution < 1.29 is 14.7 Å². The van der Waals surface area contributed by atoms with Gasteiger partial charge in [0.05, 0.1) is 37.4 Å². The lowest BCUT2D eigenvalue weighted by atomic mass is 9.95. The number of aryl methyl sites for hydroxylation is 3. The van der Waals surface area contributed by atoms with E-state index in [1.165, 1.54) is 27.6 Å². The van der Waals surface area contributed by atoms with Crippen molar-refractivity contribution in [1.82, 2.24) is 9.97 Å². The zero-order chi connectivity index (χ0) is 23.4. The third-order valence-corrected chi connectivity index (χ3v) is 8.31. The summed E-state index contributed by atoms with van der Waals surface area (Å²) in [6, 6.07) is 12.4. The standard InChI is InChI=1S/C24H18BrN3O3S2/c1-11-8-9-16-17(10-11)33-24(27-16)28-19(14-6-4-5-7-15(14)25)18(21(30)23(28)31)20(29)22-12(2)26-13(3)32-22/h4-10,19,30H,1-3H3. The molecule has 1 N–H and O–H groups in total. The van der Waals surface area contributed by atoms with Crippen LogP contribution in [0.3, 0.4) is 0 Å². The summed E-state index contributed by atoms with van der Waals surface area (Å²) in [6.45, 7) is 5.57. The van der Waals surface area contributed by atoms with Crippen LogP contribution in [0.25, 0.3) is 10.2 Å². The van der Waals surface area contributed by atoms with Gasteiger partial charge in [0.1, 0.15) is 0 Å². The van der Waals surface area contributed by atoms with Crippen LogP contribution < -0.4 is 4.90 Å². The van der Waals surface area contributed by atoms with E-state index in [0.717, 1.165) is 25.3 Å². The number of aliphatic hydroxyl groups excluding tert-OH is 1. The summed E-state index contributed by atoms with van der Waals surface area (Å²) >= 11 is 6.17. The number of ketones is 1. The first-order valence-electron chi connectivity index (χ1n) is 10.1. The van der Waals surface area contributed by atoms with Gasteiger partial charge in [0.15, 0.2) is 10.9 Å². The fraction of sp³-hybridized carbons (Fsp3) is 0.167. The lowest BCUT2D eigenvalue weighted by Gasteiger charge is -2.25. The van der Waals surface area contributed by atoms with Crippen molar-refractivity contribution in [3.05, 3.63) is 85.0 Å². The molecule has 0 aliphatic carbocycles. The van der Waals surface area contributed by atoms with Crippen LogP contribution >= 0.6 is 38.6 Å². The first-order valence-corrected chi connectivity index (χ1v) is 12.6. The number of aromatic nitrogens is 2. The fourth-order valence-electron chi connectivity index (χ4n) is 4.01. The van der Waals surface area contributed by atoms with Gasteiger partial charge >= 0.3 is 0 Å². The van der Waals surface area contributed by atoms with Gasteiger partial charge in [-0.05, 0) is 50.1 Å². The smallest absolute Gasteiger partial charge is 0.296 e. The maximum Gasteiger partial charge on any atom is 0.296 e. The van der Waals surface area contributed by atoms with Crippen molar-refractivity contribution in [2.45, 2.75) is 26.8 Å². The molecule has 9 heteroatoms. The van der Waals surface area contributed by atoms with Crippen molar-refractivity contribution in [3.8, 4) is 0 Å². The number of halogens is 1. The van der Waals surface area contributed by atoms with Gasteiger partial charge < -0.3 is 5.11 Å². The monoisotopic (exact) mass is 539 g/mol. The summed E-state index contributed by atoms with van der Waals surface area (Å²) in [4.78, 5) is 37.9. The number of hydrogen-bond acceptors (Lipinski definition) is 7. The molecule has 0 bridgehead atoms. The Morgan fingerprint density at radius 1 is 1.09 bits per heavy atom. The number of carbonyl (C=O) groups excluding carboxylic acids is 2. The second-order valence-corrected chi connectivity index (χ2v) is 10.9. The van der Waals surface area contributed by atoms with Crippen molar-refractivity contribution in [1.29, 1.82) is 0 Å². The SMILES string of the molecule is Cc1ccc2nc(N3C(=O)C(O)=C(C(=O)c4sc(C)nc4C)C3c3ccccc3Br)sc2c1. The van der Waals surface area contributed by atoms with E-state index in [4.69, 9.17) is 0 Å². The van der Waals surface area contributed by atoms with Gasteiger partial charge in [0, 0.05) is 4.47 Å². The molecule has 0 saturated heterocycles. The molecule has 3 heterocycles. The molecule has 1 aliphatic rings. The van der Waals surface area contributed by atoms with E-state index in [1.807, 2.05) is 56.3 Å². The van der Waals surface area contributed by atoms with Gasteiger partial charge in [0.25, 0.3) is 5.91 Å². The predicted molar refractivity (Wildman–Crippen MR) is 134 cm³/mol. The molecule has 5 rings (SSSR count). The number of carbonyl (C=O) groups is 2. The van der Waals surface area contributed by atoms with Gasteiger partial charge in [-0.15, -0.1) is 11.3 Å². The molecular weight excluding hydrogens is 522 g/mol. The quantitative estimate of drug-likeness (QED) is 0.311. The van der Waals surface area contributed by atoms with Crippen molar-refractivity contribution in [2.24, 2.45) is 0 Å². The molecular formula is C24H18BrN3O3S2. The Bertz CT molecular complexity index is 1490. The maximum absolute atomic E-state index is 13.7. The highest BCUT2D eigenvalue weighted by molar-refractivity contribution is 9.10. The molecule has 166 valence electrons. The number of aliphatic hydroxyl groups is 1. The highest BCUT2D eigenvalue weighted by Gasteiger charge is 2.47. The topological polar surface area (TPSA) is 83.4 Å². The van der Waals surface area contributed by atoms with Crippen LogP contribution in [0, 0.1) is 20.8 Å². The molecule has 1 atom stereocenters. The van der Waals surface area contributed by atoms with Crippen molar-refractivity contribution >= 4 is 65.6 Å². The zero-order valence-corrected chi connectivity index (χ0v) is 21.1. The number of benzene rings is 2. The van der Waals surface area contributed by atoms with Crippen LogP contribution in [-0.2, 0) is 4.79 Å². The van der Waals surface area contributed by atoms with E-state index < -0.39 is 23.5 Å². The molecule has 2 aromatic heterocycles. The number of nitrogens with zero attached hydrogens (tertiary/aromatic N) is 3. The number of fused-ring (bicyclic) bond motifs is 1. The summed E-state index contributed by atoms with van der Waals surface area (Å²) in [5.74, 6) is -1.60. The second-order valence-electron chi connectivity index (χ2n) is 7.81. The summed E-state index contributed by atoms with van der Waals surface area (Å²) in [5.41, 5.74) is 3.14. The third kappa shape index (κ3) is 3.60. The van der Waals surface area contributed by atoms with Crippen LogP contribution in [0.2, 0.25) is 0 Å². The summed E-state index contributed by atoms with van der Waals surface area (Å²) in [5, 5.41) is 12.1. The fourth-order valence-corrected chi connectivity index (χ4v) is 6.48. The Morgan fingerprint density at radius 2 is 1.85 bits per heavy atom. The number of rotatable bonds is 4. The molecule has 0 saturated carbocycles. The number of amides is 1. The van der Waals surface area contributed by atoms with Crippen molar-refractivity contribution in [2.75, 3.05) is 4.90 Å². The highest BCUT2D eigenvalue weighted by atomic mass is 79.9. The predicted octanol–water partition coefficient (Wildman–Crippen LogP) is 6.22. The molecule has 1 unspecified atom stereocenters. The largest absolute Gasteiger partial charge is 0.503 e. The van der Waals surface area contributed by atoms with E-state index in [9.17, 15) is 14.7 Å². The average molecular weight is 540 g/mol. The minimum Gasteiger partial charge on any atom is -0.503 e. The second kappa shape index (κ2) is 8.16. The Morgan fingerprint density at radius 3 is 2.55 bits per heavy atom.